The molecule has 0 aliphatic rings. The van der Waals surface area contributed by atoms with E-state index in [1.54, 1.807) is 0 Å². The Morgan fingerprint density at radius 1 is 0.483 bits per heavy atom. The maximum atomic E-state index is 13.6. The van der Waals surface area contributed by atoms with Crippen molar-refractivity contribution in [2.75, 3.05) is 6.54 Å². The second-order valence-corrected chi connectivity index (χ2v) is 18.2. The van der Waals surface area contributed by atoms with Crippen molar-refractivity contribution in [1.29, 1.82) is 0 Å². The van der Waals surface area contributed by atoms with Gasteiger partial charge >= 0.3 is 0 Å². The number of unbranched alkanes of at least 4 members (excludes halogenated alkanes) is 22. The van der Waals surface area contributed by atoms with Crippen molar-refractivity contribution in [1.82, 2.24) is 20.5 Å². The van der Waals surface area contributed by atoms with Gasteiger partial charge in [0.2, 0.25) is 17.7 Å². The van der Waals surface area contributed by atoms with E-state index in [2.05, 4.69) is 82.9 Å². The van der Waals surface area contributed by atoms with Gasteiger partial charge in [-0.3, -0.25) is 14.4 Å². The molecule has 0 fully saturated rings. The average Bonchev–Trinajstić information content (AvgIpc) is 3.58. The highest BCUT2D eigenvalue weighted by atomic mass is 16.2. The third kappa shape index (κ3) is 19.1. The Morgan fingerprint density at radius 2 is 0.883 bits per heavy atom. The molecule has 0 saturated carbocycles. The average molecular weight is 829 g/mol. The molecule has 7 heteroatoms. The van der Waals surface area contributed by atoms with Gasteiger partial charge in [-0.1, -0.05) is 219 Å². The molecule has 1 heterocycles. The maximum Gasteiger partial charge on any atom is 0.243 e. The summed E-state index contributed by atoms with van der Waals surface area (Å²) in [6.45, 7) is 12.1. The Kier molecular flexibility index (Phi) is 26.8. The van der Waals surface area contributed by atoms with Gasteiger partial charge in [0.05, 0.1) is 0 Å². The van der Waals surface area contributed by atoms with Gasteiger partial charge in [0.15, 0.2) is 0 Å². The van der Waals surface area contributed by atoms with Gasteiger partial charge in [0.25, 0.3) is 0 Å². The number of aryl methyl sites for hydroxylation is 1. The zero-order valence-electron chi connectivity index (χ0n) is 39.1. The topological polar surface area (TPSA) is 92.2 Å². The van der Waals surface area contributed by atoms with E-state index in [9.17, 15) is 14.4 Å². The highest BCUT2D eigenvalue weighted by Gasteiger charge is 2.31. The third-order valence-electron chi connectivity index (χ3n) is 13.2. The van der Waals surface area contributed by atoms with E-state index in [1.807, 2.05) is 20.8 Å². The summed E-state index contributed by atoms with van der Waals surface area (Å²) >= 11 is 0. The first-order chi connectivity index (χ1) is 29.3. The zero-order valence-corrected chi connectivity index (χ0v) is 39.1. The van der Waals surface area contributed by atoms with E-state index in [0.29, 0.717) is 13.0 Å². The van der Waals surface area contributed by atoms with Gasteiger partial charge in [-0.25, -0.2) is 0 Å². The molecule has 1 aromatic heterocycles. The lowest BCUT2D eigenvalue weighted by Crippen LogP contribution is -2.57. The molecular weight excluding hydrogens is 741 g/mol. The summed E-state index contributed by atoms with van der Waals surface area (Å²) in [4.78, 5) is 40.1. The van der Waals surface area contributed by atoms with Crippen LogP contribution in [-0.2, 0) is 20.9 Å². The number of hydrogen-bond acceptors (Lipinski definition) is 3. The van der Waals surface area contributed by atoms with Gasteiger partial charge < -0.3 is 20.5 Å². The van der Waals surface area contributed by atoms with Crippen molar-refractivity contribution in [2.45, 2.75) is 227 Å². The van der Waals surface area contributed by atoms with Crippen LogP contribution in [-0.4, -0.2) is 40.9 Å². The zero-order chi connectivity index (χ0) is 43.2. The van der Waals surface area contributed by atoms with Crippen molar-refractivity contribution in [2.24, 2.45) is 11.8 Å². The van der Waals surface area contributed by atoms with Crippen molar-refractivity contribution < 1.29 is 14.4 Å². The number of hydrogen-bond donors (Lipinski definition) is 3. The third-order valence-corrected chi connectivity index (χ3v) is 13.2. The van der Waals surface area contributed by atoms with Crippen LogP contribution < -0.4 is 16.0 Å². The molecule has 3 aromatic rings. The number of nitrogens with one attached hydrogen (secondary N) is 3. The number of carbonyl (C=O) groups is 3. The van der Waals surface area contributed by atoms with Gasteiger partial charge in [-0.15, -0.1) is 0 Å². The fourth-order valence-corrected chi connectivity index (χ4v) is 8.75. The molecule has 0 aliphatic carbocycles. The standard InChI is InChI=1S/C53H88N4O3/c1-6-9-10-11-12-13-14-15-16-17-18-19-21-24-27-34-41-54-52(59)50(43(4)7-2)56-53(60)51(44(5)8-3)55-49(58)40-29-26-23-20-22-25-28-35-42-57-47-38-32-30-36-45(47)46-37-31-33-39-48(46)57/h30-33,36-39,43-44,50-51H,6-29,34-35,40-42H2,1-5H3,(H,54,59)(H,55,58)(H,56,60)/t43-,44-,50-,51-/m0/s1. The second kappa shape index (κ2) is 31.5. The van der Waals surface area contributed by atoms with Crippen LogP contribution in [0, 0.1) is 11.8 Å². The van der Waals surface area contributed by atoms with Crippen molar-refractivity contribution in [3.05, 3.63) is 48.5 Å². The SMILES string of the molecule is CCCCCCCCCCCCCCCCCCNC(=O)[C@@H](NC(=O)[C@@H](NC(=O)CCCCCCCCCCn1c2ccccc2c2ccccc21)[C@@H](C)CC)[C@@H](C)CC. The largest absolute Gasteiger partial charge is 0.354 e. The summed E-state index contributed by atoms with van der Waals surface area (Å²) in [5, 5.41) is 11.9. The number of amides is 3. The maximum absolute atomic E-state index is 13.6. The Labute approximate surface area is 366 Å². The van der Waals surface area contributed by atoms with Gasteiger partial charge in [0.1, 0.15) is 12.1 Å². The minimum Gasteiger partial charge on any atom is -0.354 e. The summed E-state index contributed by atoms with van der Waals surface area (Å²) in [6, 6.07) is 16.2. The molecule has 0 spiro atoms. The summed E-state index contributed by atoms with van der Waals surface area (Å²) in [5.41, 5.74) is 2.65. The van der Waals surface area contributed by atoms with Crippen LogP contribution >= 0.6 is 0 Å². The smallest absolute Gasteiger partial charge is 0.243 e. The number of aromatic nitrogens is 1. The molecule has 3 N–H and O–H groups in total. The Balaban J connectivity index is 1.25. The fraction of sp³-hybridized carbons (Fsp3) is 0.717. The van der Waals surface area contributed by atoms with E-state index in [1.165, 1.54) is 144 Å². The van der Waals surface area contributed by atoms with Crippen LogP contribution in [0.5, 0.6) is 0 Å². The number of para-hydroxylation sites is 2. The Bertz CT molecular complexity index is 1550. The van der Waals surface area contributed by atoms with Gasteiger partial charge in [0, 0.05) is 41.3 Å². The number of nitrogens with zero attached hydrogens (tertiary/aromatic N) is 1. The molecule has 0 aliphatic heterocycles. The Hall–Kier alpha value is -3.35. The van der Waals surface area contributed by atoms with Crippen LogP contribution in [0.3, 0.4) is 0 Å². The van der Waals surface area contributed by atoms with E-state index in [-0.39, 0.29) is 29.6 Å². The van der Waals surface area contributed by atoms with Crippen molar-refractivity contribution >= 4 is 39.5 Å². The summed E-state index contributed by atoms with van der Waals surface area (Å²) < 4.78 is 2.48. The molecule has 4 atom stereocenters. The normalized spacial score (nSPS) is 13.6. The number of benzene rings is 2. The molecular formula is C53H88N4O3. The summed E-state index contributed by atoms with van der Waals surface area (Å²) in [5.74, 6) is -0.481. The van der Waals surface area contributed by atoms with Crippen molar-refractivity contribution in [3.8, 4) is 0 Å². The molecule has 0 radical (unpaired) electrons. The van der Waals surface area contributed by atoms with E-state index >= 15 is 0 Å². The van der Waals surface area contributed by atoms with Gasteiger partial charge in [-0.05, 0) is 43.2 Å². The molecule has 3 rings (SSSR count). The lowest BCUT2D eigenvalue weighted by molar-refractivity contribution is -0.134. The summed E-state index contributed by atoms with van der Waals surface area (Å²) in [7, 11) is 0. The summed E-state index contributed by atoms with van der Waals surface area (Å²) in [6.07, 6.45) is 32.1. The van der Waals surface area contributed by atoms with E-state index in [0.717, 1.165) is 51.5 Å². The first kappa shape index (κ1) is 51.0. The van der Waals surface area contributed by atoms with Crippen LogP contribution in [0.1, 0.15) is 208 Å². The van der Waals surface area contributed by atoms with Crippen LogP contribution in [0.25, 0.3) is 21.8 Å². The molecule has 7 nitrogen and oxygen atoms in total. The first-order valence-corrected chi connectivity index (χ1v) is 25.2. The number of fused-ring (bicyclic) bond motifs is 3. The predicted octanol–water partition coefficient (Wildman–Crippen LogP) is 13.7. The molecule has 3 amide bonds. The predicted molar refractivity (Wildman–Crippen MR) is 256 cm³/mol. The molecule has 2 aromatic carbocycles. The second-order valence-electron chi connectivity index (χ2n) is 18.2. The molecule has 0 saturated heterocycles. The lowest BCUT2D eigenvalue weighted by Gasteiger charge is -2.29. The van der Waals surface area contributed by atoms with Crippen LogP contribution in [0.4, 0.5) is 0 Å². The van der Waals surface area contributed by atoms with Gasteiger partial charge in [-0.2, -0.15) is 0 Å². The number of carbonyl (C=O) groups excluding carboxylic acids is 3. The minimum atomic E-state index is -0.648. The number of rotatable bonds is 36. The molecule has 60 heavy (non-hydrogen) atoms. The minimum absolute atomic E-state index is 0.00639. The highest BCUT2D eigenvalue weighted by Crippen LogP contribution is 2.29. The van der Waals surface area contributed by atoms with E-state index < -0.39 is 12.1 Å². The molecule has 338 valence electrons. The molecule has 0 bridgehead atoms. The van der Waals surface area contributed by atoms with Crippen LogP contribution in [0.15, 0.2) is 48.5 Å². The molecule has 0 unspecified atom stereocenters. The quantitative estimate of drug-likeness (QED) is 0.0510. The Morgan fingerprint density at radius 3 is 1.35 bits per heavy atom. The van der Waals surface area contributed by atoms with E-state index in [4.69, 9.17) is 0 Å². The first-order valence-electron chi connectivity index (χ1n) is 25.2. The highest BCUT2D eigenvalue weighted by molar-refractivity contribution is 6.07. The van der Waals surface area contributed by atoms with Crippen molar-refractivity contribution in [3.63, 3.8) is 0 Å². The van der Waals surface area contributed by atoms with Crippen LogP contribution in [0.2, 0.25) is 0 Å². The lowest BCUT2D eigenvalue weighted by atomic mass is 9.94. The monoisotopic (exact) mass is 829 g/mol. The fourth-order valence-electron chi connectivity index (χ4n) is 8.75.